The smallest absolute Gasteiger partial charge is 0.128 e. The minimum absolute atomic E-state index is 0.241. The van der Waals surface area contributed by atoms with Crippen LogP contribution in [0.1, 0.15) is 11.1 Å². The van der Waals surface area contributed by atoms with Crippen LogP contribution in [0.15, 0.2) is 59.6 Å². The molecule has 0 unspecified atom stereocenters. The predicted molar refractivity (Wildman–Crippen MR) is 88.9 cm³/mol. The molecule has 0 heterocycles. The number of ether oxygens (including phenoxy) is 1. The zero-order valence-electron chi connectivity index (χ0n) is 12.5. The number of nitrogens with zero attached hydrogens (tertiary/aromatic N) is 1. The number of hydrogen-bond acceptors (Lipinski definition) is 2. The Morgan fingerprint density at radius 3 is 2.50 bits per heavy atom. The fourth-order valence-corrected chi connectivity index (χ4v) is 2.39. The minimum atomic E-state index is -0.241. The number of benzene rings is 3. The van der Waals surface area contributed by atoms with Crippen molar-refractivity contribution in [2.45, 2.75) is 6.92 Å². The van der Waals surface area contributed by atoms with Crippen LogP contribution < -0.4 is 4.74 Å². The molecule has 0 aliphatic heterocycles. The molecule has 22 heavy (non-hydrogen) atoms. The first-order valence-electron chi connectivity index (χ1n) is 7.05. The maximum atomic E-state index is 13.6. The van der Waals surface area contributed by atoms with Crippen LogP contribution in [0.2, 0.25) is 0 Å². The second-order valence-electron chi connectivity index (χ2n) is 5.09. The highest BCUT2D eigenvalue weighted by molar-refractivity contribution is 6.02. The predicted octanol–water partition coefficient (Wildman–Crippen LogP) is 5.05. The molecule has 0 aliphatic carbocycles. The van der Waals surface area contributed by atoms with Crippen molar-refractivity contribution in [2.75, 3.05) is 7.11 Å². The number of hydrogen-bond donors (Lipinski definition) is 0. The summed E-state index contributed by atoms with van der Waals surface area (Å²) in [7, 11) is 1.66. The second kappa shape index (κ2) is 5.98. The van der Waals surface area contributed by atoms with Gasteiger partial charge in [0.15, 0.2) is 0 Å². The lowest BCUT2D eigenvalue weighted by Crippen LogP contribution is -1.89. The summed E-state index contributed by atoms with van der Waals surface area (Å²) in [4.78, 5) is 4.38. The molecule has 3 aromatic carbocycles. The number of aryl methyl sites for hydroxylation is 1. The molecule has 0 saturated carbocycles. The van der Waals surface area contributed by atoms with Crippen LogP contribution in [0.5, 0.6) is 5.75 Å². The number of fused-ring (bicyclic) bond motifs is 1. The summed E-state index contributed by atoms with van der Waals surface area (Å²) in [6.45, 7) is 1.74. The van der Waals surface area contributed by atoms with Crippen LogP contribution in [-0.2, 0) is 0 Å². The molecule has 0 aromatic heterocycles. The van der Waals surface area contributed by atoms with Crippen LogP contribution in [0.3, 0.4) is 0 Å². The van der Waals surface area contributed by atoms with Crippen LogP contribution in [0, 0.1) is 12.7 Å². The van der Waals surface area contributed by atoms with Crippen LogP contribution in [0.4, 0.5) is 10.1 Å². The quantitative estimate of drug-likeness (QED) is 0.619. The summed E-state index contributed by atoms with van der Waals surface area (Å²) in [5, 5.41) is 2.09. The lowest BCUT2D eigenvalue weighted by molar-refractivity contribution is 0.420. The van der Waals surface area contributed by atoms with Crippen molar-refractivity contribution in [1.29, 1.82) is 0 Å². The Bertz CT molecular complexity index is 855. The topological polar surface area (TPSA) is 21.6 Å². The highest BCUT2D eigenvalue weighted by Gasteiger charge is 2.04. The van der Waals surface area contributed by atoms with Crippen molar-refractivity contribution in [3.8, 4) is 5.75 Å². The van der Waals surface area contributed by atoms with E-state index in [0.29, 0.717) is 11.3 Å². The van der Waals surface area contributed by atoms with Crippen LogP contribution in [0.25, 0.3) is 10.8 Å². The molecule has 0 saturated heterocycles. The monoisotopic (exact) mass is 293 g/mol. The van der Waals surface area contributed by atoms with E-state index in [1.165, 1.54) is 6.07 Å². The van der Waals surface area contributed by atoms with E-state index in [4.69, 9.17) is 4.74 Å². The van der Waals surface area contributed by atoms with E-state index in [-0.39, 0.29) is 5.82 Å². The second-order valence-corrected chi connectivity index (χ2v) is 5.09. The molecule has 0 amide bonds. The first-order valence-corrected chi connectivity index (χ1v) is 7.05. The summed E-state index contributed by atoms with van der Waals surface area (Å²) in [5.41, 5.74) is 2.19. The van der Waals surface area contributed by atoms with Crippen LogP contribution >= 0.6 is 0 Å². The Hall–Kier alpha value is -2.68. The lowest BCUT2D eigenvalue weighted by Gasteiger charge is -2.07. The molecule has 3 heteroatoms. The van der Waals surface area contributed by atoms with Gasteiger partial charge in [-0.3, -0.25) is 4.99 Å². The van der Waals surface area contributed by atoms with E-state index in [1.807, 2.05) is 36.4 Å². The molecule has 3 rings (SSSR count). The van der Waals surface area contributed by atoms with E-state index >= 15 is 0 Å². The molecule has 0 radical (unpaired) electrons. The molecule has 0 fully saturated rings. The van der Waals surface area contributed by atoms with Crippen LogP contribution in [-0.4, -0.2) is 13.3 Å². The number of methoxy groups -OCH3 is 1. The standard InChI is InChI=1S/C19H16FNO/c1-13-7-9-15(11-18(13)20)21-12-14-8-10-19(22-2)17-6-4-3-5-16(14)17/h3-12H,1-2H3. The zero-order chi connectivity index (χ0) is 15.5. The third-order valence-corrected chi connectivity index (χ3v) is 3.65. The van der Waals surface area contributed by atoms with Crippen molar-refractivity contribution in [3.05, 3.63) is 71.5 Å². The molecule has 0 aliphatic rings. The van der Waals surface area contributed by atoms with Gasteiger partial charge in [0.2, 0.25) is 0 Å². The van der Waals surface area contributed by atoms with Crippen molar-refractivity contribution < 1.29 is 9.13 Å². The van der Waals surface area contributed by atoms with Gasteiger partial charge in [-0.05, 0) is 42.1 Å². The molecule has 0 atom stereocenters. The van der Waals surface area contributed by atoms with E-state index < -0.39 is 0 Å². The first kappa shape index (κ1) is 14.3. The number of rotatable bonds is 3. The molecule has 0 bridgehead atoms. The van der Waals surface area contributed by atoms with E-state index in [2.05, 4.69) is 4.99 Å². The van der Waals surface area contributed by atoms with Gasteiger partial charge in [0.1, 0.15) is 11.6 Å². The van der Waals surface area contributed by atoms with E-state index in [9.17, 15) is 4.39 Å². The van der Waals surface area contributed by atoms with Gasteiger partial charge in [-0.25, -0.2) is 4.39 Å². The Kier molecular flexibility index (Phi) is 3.88. The number of halogens is 1. The van der Waals surface area contributed by atoms with Gasteiger partial charge in [0.05, 0.1) is 12.8 Å². The number of aliphatic imine (C=N–C) groups is 1. The third-order valence-electron chi connectivity index (χ3n) is 3.65. The molecule has 2 nitrogen and oxygen atoms in total. The van der Waals surface area contributed by atoms with E-state index in [0.717, 1.165) is 22.1 Å². The van der Waals surface area contributed by atoms with Gasteiger partial charge < -0.3 is 4.74 Å². The van der Waals surface area contributed by atoms with E-state index in [1.54, 1.807) is 32.4 Å². The largest absolute Gasteiger partial charge is 0.496 e. The summed E-state index contributed by atoms with van der Waals surface area (Å²) in [6.07, 6.45) is 1.76. The van der Waals surface area contributed by atoms with Crippen molar-refractivity contribution >= 4 is 22.7 Å². The molecule has 0 spiro atoms. The molecule has 0 N–H and O–H groups in total. The summed E-state index contributed by atoms with van der Waals surface area (Å²) < 4.78 is 18.9. The average molecular weight is 293 g/mol. The maximum absolute atomic E-state index is 13.6. The minimum Gasteiger partial charge on any atom is -0.496 e. The Morgan fingerprint density at radius 1 is 1.00 bits per heavy atom. The summed E-state index contributed by atoms with van der Waals surface area (Å²) in [6, 6.07) is 16.8. The highest BCUT2D eigenvalue weighted by Crippen LogP contribution is 2.28. The van der Waals surface area contributed by atoms with Crippen molar-refractivity contribution in [3.63, 3.8) is 0 Å². The van der Waals surface area contributed by atoms with Crippen molar-refractivity contribution in [2.24, 2.45) is 4.99 Å². The SMILES string of the molecule is COc1ccc(C=Nc2ccc(C)c(F)c2)c2ccccc12. The normalized spacial score (nSPS) is 11.2. The first-order chi connectivity index (χ1) is 10.7. The fourth-order valence-electron chi connectivity index (χ4n) is 2.39. The average Bonchev–Trinajstić information content (AvgIpc) is 2.55. The summed E-state index contributed by atoms with van der Waals surface area (Å²) in [5.74, 6) is 0.586. The van der Waals surface area contributed by atoms with Gasteiger partial charge in [-0.1, -0.05) is 30.3 Å². The van der Waals surface area contributed by atoms with Gasteiger partial charge in [-0.2, -0.15) is 0 Å². The fraction of sp³-hybridized carbons (Fsp3) is 0.105. The maximum Gasteiger partial charge on any atom is 0.128 e. The summed E-state index contributed by atoms with van der Waals surface area (Å²) >= 11 is 0. The Labute approximate surface area is 128 Å². The Balaban J connectivity index is 2.03. The lowest BCUT2D eigenvalue weighted by atomic mass is 10.0. The Morgan fingerprint density at radius 2 is 1.77 bits per heavy atom. The van der Waals surface area contributed by atoms with Crippen molar-refractivity contribution in [1.82, 2.24) is 0 Å². The zero-order valence-corrected chi connectivity index (χ0v) is 12.5. The van der Waals surface area contributed by atoms with Gasteiger partial charge in [0, 0.05) is 17.2 Å². The van der Waals surface area contributed by atoms with Gasteiger partial charge in [0.25, 0.3) is 0 Å². The third kappa shape index (κ3) is 2.70. The highest BCUT2D eigenvalue weighted by atomic mass is 19.1. The molecule has 110 valence electrons. The molecule has 3 aromatic rings. The van der Waals surface area contributed by atoms with Gasteiger partial charge in [-0.15, -0.1) is 0 Å². The van der Waals surface area contributed by atoms with Gasteiger partial charge >= 0.3 is 0 Å². The molecular formula is C19H16FNO. The molecular weight excluding hydrogens is 277 g/mol.